The highest BCUT2D eigenvalue weighted by atomic mass is 32.2. The van der Waals surface area contributed by atoms with E-state index in [1.807, 2.05) is 6.92 Å². The average Bonchev–Trinajstić information content (AvgIpc) is 2.72. The lowest BCUT2D eigenvalue weighted by Gasteiger charge is -2.12. The van der Waals surface area contributed by atoms with Crippen LogP contribution in [-0.4, -0.2) is 26.3 Å². The maximum absolute atomic E-state index is 12.8. The van der Waals surface area contributed by atoms with Crippen molar-refractivity contribution in [2.45, 2.75) is 12.1 Å². The van der Waals surface area contributed by atoms with E-state index in [2.05, 4.69) is 15.3 Å². The van der Waals surface area contributed by atoms with Crippen LogP contribution in [0, 0.1) is 12.7 Å². The van der Waals surface area contributed by atoms with Crippen LogP contribution in [0.4, 0.5) is 4.39 Å². The van der Waals surface area contributed by atoms with E-state index >= 15 is 0 Å². The maximum Gasteiger partial charge on any atom is 0.212 e. The zero-order chi connectivity index (χ0) is 11.8. The molecule has 86 valence electrons. The first-order valence-electron chi connectivity index (χ1n) is 5.12. The Hall–Kier alpha value is -1.69. The highest BCUT2D eigenvalue weighted by Gasteiger charge is 2.17. The number of nitrogens with zero attached hydrogens (tertiary/aromatic N) is 4. The lowest BCUT2D eigenvalue weighted by atomic mass is 10.1. The second kappa shape index (κ2) is 3.96. The Balaban J connectivity index is 2.03. The van der Waals surface area contributed by atoms with E-state index in [1.165, 1.54) is 12.1 Å². The lowest BCUT2D eigenvalue weighted by molar-refractivity contribution is 0.627. The summed E-state index contributed by atoms with van der Waals surface area (Å²) in [5.41, 5.74) is 1.84. The molecule has 0 aliphatic carbocycles. The van der Waals surface area contributed by atoms with E-state index in [1.54, 1.807) is 28.6 Å². The fourth-order valence-corrected chi connectivity index (χ4v) is 2.49. The van der Waals surface area contributed by atoms with E-state index in [9.17, 15) is 4.39 Å². The number of aromatic nitrogens is 3. The summed E-state index contributed by atoms with van der Waals surface area (Å²) in [7, 11) is 0. The van der Waals surface area contributed by atoms with Crippen molar-refractivity contribution in [3.63, 3.8) is 0 Å². The van der Waals surface area contributed by atoms with E-state index in [4.69, 9.17) is 0 Å². The summed E-state index contributed by atoms with van der Waals surface area (Å²) in [4.78, 5) is 0. The van der Waals surface area contributed by atoms with Crippen LogP contribution in [0.2, 0.25) is 0 Å². The normalized spacial score (nSPS) is 14.4. The third-order valence-electron chi connectivity index (χ3n) is 2.50. The summed E-state index contributed by atoms with van der Waals surface area (Å²) in [5.74, 6) is 1.25. The summed E-state index contributed by atoms with van der Waals surface area (Å²) in [6.45, 7) is 1.86. The molecule has 1 aliphatic rings. The van der Waals surface area contributed by atoms with Gasteiger partial charge in [-0.25, -0.2) is 4.39 Å². The molecule has 4 nitrogen and oxygen atoms in total. The van der Waals surface area contributed by atoms with Crippen molar-refractivity contribution in [3.8, 4) is 0 Å². The first-order valence-corrected chi connectivity index (χ1v) is 6.11. The summed E-state index contributed by atoms with van der Waals surface area (Å²) in [5, 5.41) is 13.2. The van der Waals surface area contributed by atoms with Crippen LogP contribution in [0.3, 0.4) is 0 Å². The molecule has 6 heteroatoms. The molecule has 0 radical (unpaired) electrons. The second-order valence-electron chi connectivity index (χ2n) is 3.68. The van der Waals surface area contributed by atoms with E-state index in [-0.39, 0.29) is 5.82 Å². The Kier molecular flexibility index (Phi) is 2.44. The van der Waals surface area contributed by atoms with Gasteiger partial charge in [0.05, 0.1) is 5.71 Å². The fraction of sp³-hybridized carbons (Fsp3) is 0.182. The molecule has 0 saturated carbocycles. The summed E-state index contributed by atoms with van der Waals surface area (Å²) < 4.78 is 14.6. The van der Waals surface area contributed by atoms with Crippen LogP contribution >= 0.6 is 11.8 Å². The van der Waals surface area contributed by atoms with Crippen molar-refractivity contribution in [3.05, 3.63) is 41.5 Å². The molecule has 1 aromatic heterocycles. The highest BCUT2D eigenvalue weighted by molar-refractivity contribution is 7.99. The van der Waals surface area contributed by atoms with Crippen LogP contribution < -0.4 is 0 Å². The number of aryl methyl sites for hydroxylation is 1. The molecular formula is C11H9FN4S. The smallest absolute Gasteiger partial charge is 0.207 e. The Morgan fingerprint density at radius 1 is 1.24 bits per heavy atom. The molecule has 0 spiro atoms. The molecule has 0 saturated heterocycles. The van der Waals surface area contributed by atoms with E-state index < -0.39 is 0 Å². The minimum atomic E-state index is -0.237. The predicted octanol–water partition coefficient (Wildman–Crippen LogP) is 2.08. The Morgan fingerprint density at radius 3 is 2.76 bits per heavy atom. The fourth-order valence-electron chi connectivity index (χ4n) is 1.61. The van der Waals surface area contributed by atoms with Gasteiger partial charge in [-0.05, 0) is 24.6 Å². The monoisotopic (exact) mass is 248 g/mol. The van der Waals surface area contributed by atoms with Crippen molar-refractivity contribution < 1.29 is 4.39 Å². The Labute approximate surface area is 102 Å². The van der Waals surface area contributed by atoms with Gasteiger partial charge in [0.2, 0.25) is 5.16 Å². The van der Waals surface area contributed by atoms with Crippen molar-refractivity contribution in [1.29, 1.82) is 0 Å². The number of hydrogen-bond acceptors (Lipinski definition) is 4. The van der Waals surface area contributed by atoms with Crippen LogP contribution in [-0.2, 0) is 0 Å². The van der Waals surface area contributed by atoms with Crippen LogP contribution in [0.25, 0.3) is 0 Å². The minimum absolute atomic E-state index is 0.237. The SMILES string of the molecule is Cc1nnc2n1N=C(c1ccc(F)cc1)CS2. The topological polar surface area (TPSA) is 43.1 Å². The van der Waals surface area contributed by atoms with Gasteiger partial charge in [0.15, 0.2) is 5.82 Å². The van der Waals surface area contributed by atoms with Crippen LogP contribution in [0.15, 0.2) is 34.5 Å². The van der Waals surface area contributed by atoms with Crippen molar-refractivity contribution >= 4 is 17.5 Å². The molecule has 0 amide bonds. The summed E-state index contributed by atoms with van der Waals surface area (Å²) in [6, 6.07) is 6.35. The molecular weight excluding hydrogens is 239 g/mol. The molecule has 0 fully saturated rings. The molecule has 2 heterocycles. The standard InChI is InChI=1S/C11H9FN4S/c1-7-13-14-11-16(7)15-10(6-17-11)8-2-4-9(12)5-3-8/h2-5H,6H2,1H3. The molecule has 0 unspecified atom stereocenters. The predicted molar refractivity (Wildman–Crippen MR) is 63.8 cm³/mol. The van der Waals surface area contributed by atoms with E-state index in [0.29, 0.717) is 0 Å². The largest absolute Gasteiger partial charge is 0.212 e. The third kappa shape index (κ3) is 1.84. The van der Waals surface area contributed by atoms with Crippen LogP contribution in [0.1, 0.15) is 11.4 Å². The van der Waals surface area contributed by atoms with Gasteiger partial charge in [0, 0.05) is 5.75 Å². The van der Waals surface area contributed by atoms with Gasteiger partial charge >= 0.3 is 0 Å². The van der Waals surface area contributed by atoms with Gasteiger partial charge in [-0.2, -0.15) is 9.78 Å². The first-order chi connectivity index (χ1) is 8.24. The minimum Gasteiger partial charge on any atom is -0.207 e. The molecule has 0 atom stereocenters. The third-order valence-corrected chi connectivity index (χ3v) is 3.43. The van der Waals surface area contributed by atoms with Crippen molar-refractivity contribution in [1.82, 2.24) is 14.9 Å². The van der Waals surface area contributed by atoms with Gasteiger partial charge in [-0.1, -0.05) is 23.9 Å². The summed E-state index contributed by atoms with van der Waals surface area (Å²) >= 11 is 1.58. The van der Waals surface area contributed by atoms with E-state index in [0.717, 1.165) is 28.0 Å². The second-order valence-corrected chi connectivity index (χ2v) is 4.63. The number of hydrogen-bond donors (Lipinski definition) is 0. The van der Waals surface area contributed by atoms with Gasteiger partial charge in [0.1, 0.15) is 5.82 Å². The van der Waals surface area contributed by atoms with Gasteiger partial charge in [0.25, 0.3) is 0 Å². The maximum atomic E-state index is 12.8. The molecule has 1 aliphatic heterocycles. The first kappa shape index (κ1) is 10.5. The van der Waals surface area contributed by atoms with Gasteiger partial charge in [-0.3, -0.25) is 0 Å². The lowest BCUT2D eigenvalue weighted by Crippen LogP contribution is -2.13. The average molecular weight is 248 g/mol. The van der Waals surface area contributed by atoms with Crippen molar-refractivity contribution in [2.75, 3.05) is 5.75 Å². The van der Waals surface area contributed by atoms with Crippen LogP contribution in [0.5, 0.6) is 0 Å². The molecule has 1 aromatic carbocycles. The Bertz CT molecular complexity index is 588. The number of thioether (sulfide) groups is 1. The highest BCUT2D eigenvalue weighted by Crippen LogP contribution is 2.23. The Morgan fingerprint density at radius 2 is 2.00 bits per heavy atom. The molecule has 0 N–H and O–H groups in total. The van der Waals surface area contributed by atoms with Gasteiger partial charge < -0.3 is 0 Å². The molecule has 3 rings (SSSR count). The zero-order valence-electron chi connectivity index (χ0n) is 9.09. The number of rotatable bonds is 1. The molecule has 0 bridgehead atoms. The number of benzene rings is 1. The zero-order valence-corrected chi connectivity index (χ0v) is 9.91. The summed E-state index contributed by atoms with van der Waals surface area (Å²) in [6.07, 6.45) is 0. The number of halogens is 1. The molecule has 17 heavy (non-hydrogen) atoms. The quantitative estimate of drug-likeness (QED) is 0.776. The molecule has 2 aromatic rings. The number of fused-ring (bicyclic) bond motifs is 1. The van der Waals surface area contributed by atoms with Crippen molar-refractivity contribution in [2.24, 2.45) is 5.10 Å². The van der Waals surface area contributed by atoms with Gasteiger partial charge in [-0.15, -0.1) is 10.2 Å².